The van der Waals surface area contributed by atoms with Crippen molar-refractivity contribution in [2.45, 2.75) is 32.4 Å². The van der Waals surface area contributed by atoms with Gasteiger partial charge < -0.3 is 16.4 Å². The first-order chi connectivity index (χ1) is 11.6. The molecule has 1 atom stereocenters. The highest BCUT2D eigenvalue weighted by Gasteiger charge is 2.13. The lowest BCUT2D eigenvalue weighted by Gasteiger charge is -2.12. The predicted molar refractivity (Wildman–Crippen MR) is 108 cm³/mol. The molecule has 0 saturated carbocycles. The molecule has 0 aliphatic rings. The van der Waals surface area contributed by atoms with E-state index < -0.39 is 6.04 Å². The van der Waals surface area contributed by atoms with Crippen molar-refractivity contribution in [3.8, 4) is 0 Å². The van der Waals surface area contributed by atoms with Crippen LogP contribution in [0, 0.1) is 0 Å². The van der Waals surface area contributed by atoms with Crippen molar-refractivity contribution in [2.75, 3.05) is 5.32 Å². The van der Waals surface area contributed by atoms with Gasteiger partial charge in [0.15, 0.2) is 0 Å². The number of nitrogens with zero attached hydrogens (tertiary/aromatic N) is 1. The SMILES string of the molecule is CCCC(N)C(=O)Nc1cccc(C(=O)NCc2ccccn2)c1.Cl.Cl. The van der Waals surface area contributed by atoms with Gasteiger partial charge in [-0.25, -0.2) is 0 Å². The Bertz CT molecular complexity index is 699. The molecule has 2 aromatic rings. The maximum atomic E-state index is 12.2. The molecule has 0 aliphatic carbocycles. The van der Waals surface area contributed by atoms with Gasteiger partial charge in [0, 0.05) is 17.4 Å². The Kier molecular flexibility index (Phi) is 11.2. The number of carbonyl (C=O) groups is 2. The maximum Gasteiger partial charge on any atom is 0.251 e. The Morgan fingerprint density at radius 1 is 1.15 bits per heavy atom. The number of benzene rings is 1. The zero-order chi connectivity index (χ0) is 17.4. The molecule has 26 heavy (non-hydrogen) atoms. The van der Waals surface area contributed by atoms with E-state index in [1.54, 1.807) is 30.5 Å². The van der Waals surface area contributed by atoms with Crippen LogP contribution in [0.4, 0.5) is 5.69 Å². The van der Waals surface area contributed by atoms with Crippen LogP contribution in [0.15, 0.2) is 48.7 Å². The number of hydrogen-bond acceptors (Lipinski definition) is 4. The summed E-state index contributed by atoms with van der Waals surface area (Å²) in [4.78, 5) is 28.3. The van der Waals surface area contributed by atoms with Crippen LogP contribution in [0.2, 0.25) is 0 Å². The summed E-state index contributed by atoms with van der Waals surface area (Å²) in [6, 6.07) is 11.7. The third-order valence-corrected chi connectivity index (χ3v) is 3.48. The van der Waals surface area contributed by atoms with Gasteiger partial charge in [-0.05, 0) is 36.8 Å². The quantitative estimate of drug-likeness (QED) is 0.667. The lowest BCUT2D eigenvalue weighted by atomic mass is 10.1. The Morgan fingerprint density at radius 2 is 1.92 bits per heavy atom. The van der Waals surface area contributed by atoms with Gasteiger partial charge in [-0.1, -0.05) is 25.5 Å². The van der Waals surface area contributed by atoms with Crippen LogP contribution in [-0.2, 0) is 11.3 Å². The normalized spacial score (nSPS) is 10.7. The molecule has 2 amide bonds. The Labute approximate surface area is 165 Å². The molecule has 142 valence electrons. The molecule has 0 spiro atoms. The molecule has 0 saturated heterocycles. The lowest BCUT2D eigenvalue weighted by molar-refractivity contribution is -0.117. The van der Waals surface area contributed by atoms with Crippen LogP contribution in [0.25, 0.3) is 0 Å². The van der Waals surface area contributed by atoms with E-state index in [0.29, 0.717) is 24.2 Å². The van der Waals surface area contributed by atoms with Crippen molar-refractivity contribution in [1.82, 2.24) is 10.3 Å². The van der Waals surface area contributed by atoms with Gasteiger partial charge in [0.05, 0.1) is 18.3 Å². The van der Waals surface area contributed by atoms with E-state index in [2.05, 4.69) is 15.6 Å². The van der Waals surface area contributed by atoms with E-state index in [1.807, 2.05) is 25.1 Å². The summed E-state index contributed by atoms with van der Waals surface area (Å²) in [5.74, 6) is -0.475. The summed E-state index contributed by atoms with van der Waals surface area (Å²) >= 11 is 0. The van der Waals surface area contributed by atoms with Crippen LogP contribution in [0.5, 0.6) is 0 Å². The van der Waals surface area contributed by atoms with Crippen molar-refractivity contribution >= 4 is 42.3 Å². The number of halogens is 2. The van der Waals surface area contributed by atoms with Gasteiger partial charge in [0.2, 0.25) is 5.91 Å². The molecule has 0 radical (unpaired) electrons. The molecule has 0 fully saturated rings. The van der Waals surface area contributed by atoms with E-state index in [-0.39, 0.29) is 36.6 Å². The minimum Gasteiger partial charge on any atom is -0.346 e. The monoisotopic (exact) mass is 398 g/mol. The first kappa shape index (κ1) is 23.9. The highest BCUT2D eigenvalue weighted by atomic mass is 35.5. The van der Waals surface area contributed by atoms with Crippen LogP contribution in [-0.4, -0.2) is 22.8 Å². The second-order valence-corrected chi connectivity index (χ2v) is 5.47. The van der Waals surface area contributed by atoms with Crippen molar-refractivity contribution in [3.63, 3.8) is 0 Å². The fourth-order valence-electron chi connectivity index (χ4n) is 2.19. The minimum absolute atomic E-state index is 0. The standard InChI is InChI=1S/C18H22N4O2.2ClH/c1-2-6-16(19)18(24)22-14-9-5-7-13(11-14)17(23)21-12-15-8-3-4-10-20-15;;/h3-5,7-11,16H,2,6,12,19H2,1H3,(H,21,23)(H,22,24);2*1H. The van der Waals surface area contributed by atoms with E-state index >= 15 is 0 Å². The summed E-state index contributed by atoms with van der Waals surface area (Å²) < 4.78 is 0. The number of amides is 2. The Hall–Kier alpha value is -2.15. The third kappa shape index (κ3) is 7.39. The van der Waals surface area contributed by atoms with Crippen molar-refractivity contribution < 1.29 is 9.59 Å². The maximum absolute atomic E-state index is 12.2. The van der Waals surface area contributed by atoms with Crippen molar-refractivity contribution in [3.05, 3.63) is 59.9 Å². The molecule has 8 heteroatoms. The van der Waals surface area contributed by atoms with Crippen LogP contribution in [0.3, 0.4) is 0 Å². The summed E-state index contributed by atoms with van der Waals surface area (Å²) in [5.41, 5.74) is 7.58. The van der Waals surface area contributed by atoms with Gasteiger partial charge in [-0.15, -0.1) is 24.8 Å². The van der Waals surface area contributed by atoms with Crippen LogP contribution in [0.1, 0.15) is 35.8 Å². The summed E-state index contributed by atoms with van der Waals surface area (Å²) in [5, 5.41) is 5.54. The Morgan fingerprint density at radius 3 is 2.58 bits per heavy atom. The fraction of sp³-hybridized carbons (Fsp3) is 0.278. The number of carbonyl (C=O) groups excluding carboxylic acids is 2. The number of nitrogens with one attached hydrogen (secondary N) is 2. The molecule has 1 aromatic heterocycles. The molecular formula is C18H24Cl2N4O2. The van der Waals surface area contributed by atoms with E-state index in [1.165, 1.54) is 0 Å². The first-order valence-electron chi connectivity index (χ1n) is 7.94. The lowest BCUT2D eigenvalue weighted by Crippen LogP contribution is -2.35. The molecule has 6 nitrogen and oxygen atoms in total. The summed E-state index contributed by atoms with van der Waals surface area (Å²) in [6.07, 6.45) is 3.14. The van der Waals surface area contributed by atoms with E-state index in [9.17, 15) is 9.59 Å². The van der Waals surface area contributed by atoms with Gasteiger partial charge in [0.1, 0.15) is 0 Å². The number of nitrogens with two attached hydrogens (primary N) is 1. The van der Waals surface area contributed by atoms with Crippen LogP contribution < -0.4 is 16.4 Å². The van der Waals surface area contributed by atoms with Gasteiger partial charge >= 0.3 is 0 Å². The molecule has 0 bridgehead atoms. The Balaban J connectivity index is 0.00000312. The number of pyridine rings is 1. The number of rotatable bonds is 7. The largest absolute Gasteiger partial charge is 0.346 e. The number of anilines is 1. The van der Waals surface area contributed by atoms with E-state index in [0.717, 1.165) is 12.1 Å². The average Bonchev–Trinajstić information content (AvgIpc) is 2.61. The zero-order valence-corrected chi connectivity index (χ0v) is 16.1. The number of aromatic nitrogens is 1. The molecule has 1 unspecified atom stereocenters. The molecule has 2 rings (SSSR count). The zero-order valence-electron chi connectivity index (χ0n) is 14.5. The first-order valence-corrected chi connectivity index (χ1v) is 7.94. The highest BCUT2D eigenvalue weighted by molar-refractivity contribution is 5.98. The van der Waals surface area contributed by atoms with Crippen molar-refractivity contribution in [2.24, 2.45) is 5.73 Å². The highest BCUT2D eigenvalue weighted by Crippen LogP contribution is 2.12. The van der Waals surface area contributed by atoms with Gasteiger partial charge in [-0.2, -0.15) is 0 Å². The third-order valence-electron chi connectivity index (χ3n) is 3.48. The summed E-state index contributed by atoms with van der Waals surface area (Å²) in [6.45, 7) is 2.32. The molecule has 1 heterocycles. The van der Waals surface area contributed by atoms with Crippen LogP contribution >= 0.6 is 24.8 Å². The second-order valence-electron chi connectivity index (χ2n) is 5.47. The predicted octanol–water partition coefficient (Wildman–Crippen LogP) is 2.92. The molecule has 4 N–H and O–H groups in total. The topological polar surface area (TPSA) is 97.1 Å². The van der Waals surface area contributed by atoms with E-state index in [4.69, 9.17) is 5.73 Å². The molecule has 0 aliphatic heterocycles. The second kappa shape index (κ2) is 12.2. The smallest absolute Gasteiger partial charge is 0.251 e. The minimum atomic E-state index is -0.545. The molecular weight excluding hydrogens is 375 g/mol. The van der Waals surface area contributed by atoms with Gasteiger partial charge in [0.25, 0.3) is 5.91 Å². The van der Waals surface area contributed by atoms with Crippen molar-refractivity contribution in [1.29, 1.82) is 0 Å². The summed E-state index contributed by atoms with van der Waals surface area (Å²) in [7, 11) is 0. The fourth-order valence-corrected chi connectivity index (χ4v) is 2.19. The average molecular weight is 399 g/mol. The number of hydrogen-bond donors (Lipinski definition) is 3. The van der Waals surface area contributed by atoms with Gasteiger partial charge in [-0.3, -0.25) is 14.6 Å². The molecule has 1 aromatic carbocycles.